The van der Waals surface area contributed by atoms with Gasteiger partial charge in [0.25, 0.3) is 10.1 Å². The zero-order chi connectivity index (χ0) is 18.3. The third-order valence-corrected chi connectivity index (χ3v) is 6.99. The number of thiazole rings is 1. The standard InChI is InChI=1S/C13H16N2O6S3/c1-7-3-4-10(24(19,20)21)12(16)9(7)5-8(2)13-15-6-11(22-13)23(14,17)18/h3-4,6,8,16H,5H2,1-2H3,(H2,14,17,18)(H,19,20,21)/t8-/m1/s1. The summed E-state index contributed by atoms with van der Waals surface area (Å²) < 4.78 is 54.3. The lowest BCUT2D eigenvalue weighted by Gasteiger charge is -2.14. The number of rotatable bonds is 5. The Balaban J connectivity index is 2.39. The van der Waals surface area contributed by atoms with Gasteiger partial charge in [-0.15, -0.1) is 11.3 Å². The summed E-state index contributed by atoms with van der Waals surface area (Å²) in [5.74, 6) is -0.820. The van der Waals surface area contributed by atoms with E-state index in [2.05, 4.69) is 4.98 Å². The maximum absolute atomic E-state index is 11.3. The molecule has 24 heavy (non-hydrogen) atoms. The number of primary sulfonamides is 1. The number of benzene rings is 1. The fourth-order valence-electron chi connectivity index (χ4n) is 2.21. The second kappa shape index (κ2) is 6.41. The predicted octanol–water partition coefficient (Wildman–Crippen LogP) is 1.40. The summed E-state index contributed by atoms with van der Waals surface area (Å²) >= 11 is 0.915. The summed E-state index contributed by atoms with van der Waals surface area (Å²) in [4.78, 5) is 3.45. The second-order valence-electron chi connectivity index (χ2n) is 5.35. The van der Waals surface area contributed by atoms with E-state index in [9.17, 15) is 21.9 Å². The van der Waals surface area contributed by atoms with E-state index in [1.807, 2.05) is 0 Å². The minimum absolute atomic E-state index is 0.0722. The van der Waals surface area contributed by atoms with E-state index < -0.39 is 30.8 Å². The van der Waals surface area contributed by atoms with Crippen molar-refractivity contribution in [3.8, 4) is 5.75 Å². The monoisotopic (exact) mass is 392 g/mol. The van der Waals surface area contributed by atoms with Crippen LogP contribution >= 0.6 is 11.3 Å². The number of nitrogens with zero attached hydrogens (tertiary/aromatic N) is 1. The molecule has 0 saturated carbocycles. The maximum atomic E-state index is 11.3. The van der Waals surface area contributed by atoms with Gasteiger partial charge in [-0.1, -0.05) is 13.0 Å². The van der Waals surface area contributed by atoms with Gasteiger partial charge >= 0.3 is 0 Å². The minimum Gasteiger partial charge on any atom is -0.506 e. The second-order valence-corrected chi connectivity index (χ2v) is 9.59. The largest absolute Gasteiger partial charge is 0.506 e. The average molecular weight is 392 g/mol. The van der Waals surface area contributed by atoms with Crippen LogP contribution in [0.4, 0.5) is 0 Å². The summed E-state index contributed by atoms with van der Waals surface area (Å²) in [5, 5.41) is 15.7. The van der Waals surface area contributed by atoms with Crippen LogP contribution in [0.25, 0.3) is 0 Å². The van der Waals surface area contributed by atoms with Crippen LogP contribution < -0.4 is 5.14 Å². The number of aromatic hydroxyl groups is 1. The summed E-state index contributed by atoms with van der Waals surface area (Å²) in [6.45, 7) is 3.44. The van der Waals surface area contributed by atoms with Crippen LogP contribution in [-0.4, -0.2) is 31.5 Å². The van der Waals surface area contributed by atoms with Crippen molar-refractivity contribution in [2.24, 2.45) is 5.14 Å². The van der Waals surface area contributed by atoms with E-state index >= 15 is 0 Å². The molecule has 0 fully saturated rings. The van der Waals surface area contributed by atoms with E-state index in [4.69, 9.17) is 9.69 Å². The van der Waals surface area contributed by atoms with Gasteiger partial charge in [-0.05, 0) is 30.5 Å². The van der Waals surface area contributed by atoms with Crippen LogP contribution in [0.5, 0.6) is 5.75 Å². The third kappa shape index (κ3) is 3.92. The van der Waals surface area contributed by atoms with Crippen molar-refractivity contribution in [3.05, 3.63) is 34.5 Å². The highest BCUT2D eigenvalue weighted by Gasteiger charge is 2.23. The van der Waals surface area contributed by atoms with Gasteiger partial charge in [0.05, 0.1) is 11.2 Å². The quantitative estimate of drug-likeness (QED) is 0.651. The number of phenolic OH excluding ortho intramolecular Hbond substituents is 1. The maximum Gasteiger partial charge on any atom is 0.298 e. The first-order valence-corrected chi connectivity index (χ1v) is 10.5. The van der Waals surface area contributed by atoms with Crippen molar-refractivity contribution in [2.45, 2.75) is 35.3 Å². The van der Waals surface area contributed by atoms with Crippen LogP contribution in [-0.2, 0) is 26.6 Å². The lowest BCUT2D eigenvalue weighted by atomic mass is 9.97. The van der Waals surface area contributed by atoms with Crippen molar-refractivity contribution in [3.63, 3.8) is 0 Å². The molecule has 0 bridgehead atoms. The van der Waals surface area contributed by atoms with Gasteiger partial charge in [0.1, 0.15) is 10.6 Å². The van der Waals surface area contributed by atoms with Gasteiger partial charge in [-0.2, -0.15) is 8.42 Å². The molecule has 0 spiro atoms. The third-order valence-electron chi connectivity index (χ3n) is 3.47. The predicted molar refractivity (Wildman–Crippen MR) is 88.3 cm³/mol. The van der Waals surface area contributed by atoms with Crippen molar-refractivity contribution >= 4 is 31.5 Å². The Morgan fingerprint density at radius 3 is 2.42 bits per heavy atom. The molecule has 4 N–H and O–H groups in total. The summed E-state index contributed by atoms with van der Waals surface area (Å²) in [5.41, 5.74) is 0.972. The van der Waals surface area contributed by atoms with E-state index in [-0.39, 0.29) is 16.5 Å². The number of nitrogens with two attached hydrogens (primary N) is 1. The molecule has 0 aliphatic carbocycles. The van der Waals surface area contributed by atoms with E-state index in [1.165, 1.54) is 6.07 Å². The molecule has 1 heterocycles. The molecule has 1 atom stereocenters. The fraction of sp³-hybridized carbons (Fsp3) is 0.308. The molecule has 11 heteroatoms. The molecule has 1 aromatic carbocycles. The van der Waals surface area contributed by atoms with Crippen molar-refractivity contribution < 1.29 is 26.5 Å². The number of hydrogen-bond donors (Lipinski definition) is 3. The zero-order valence-electron chi connectivity index (χ0n) is 12.8. The molecule has 0 aliphatic rings. The summed E-state index contributed by atoms with van der Waals surface area (Å²) in [7, 11) is -8.38. The van der Waals surface area contributed by atoms with Gasteiger partial charge in [-0.25, -0.2) is 18.5 Å². The first-order chi connectivity index (χ1) is 10.9. The molecule has 132 valence electrons. The Morgan fingerprint density at radius 2 is 1.92 bits per heavy atom. The van der Waals surface area contributed by atoms with Gasteiger partial charge in [0.2, 0.25) is 10.0 Å². The van der Waals surface area contributed by atoms with Gasteiger partial charge in [-0.3, -0.25) is 4.55 Å². The number of sulfonamides is 1. The normalized spacial score (nSPS) is 13.8. The number of aromatic nitrogens is 1. The van der Waals surface area contributed by atoms with E-state index in [0.717, 1.165) is 23.6 Å². The summed E-state index contributed by atoms with van der Waals surface area (Å²) in [6, 6.07) is 2.60. The molecule has 2 aromatic rings. The SMILES string of the molecule is Cc1ccc(S(=O)(=O)O)c(O)c1C[C@@H](C)c1ncc(S(N)(=O)=O)s1. The molecule has 0 saturated heterocycles. The van der Waals surface area contributed by atoms with Crippen molar-refractivity contribution in [1.29, 1.82) is 0 Å². The minimum atomic E-state index is -4.55. The average Bonchev–Trinajstić information content (AvgIpc) is 2.91. The topological polar surface area (TPSA) is 148 Å². The van der Waals surface area contributed by atoms with Gasteiger partial charge in [0, 0.05) is 5.92 Å². The molecule has 0 unspecified atom stereocenters. The lowest BCUT2D eigenvalue weighted by Crippen LogP contribution is -2.09. The van der Waals surface area contributed by atoms with Crippen molar-refractivity contribution in [1.82, 2.24) is 4.98 Å². The highest BCUT2D eigenvalue weighted by Crippen LogP contribution is 2.34. The highest BCUT2D eigenvalue weighted by molar-refractivity contribution is 7.91. The fourth-order valence-corrected chi connectivity index (χ4v) is 4.44. The molecule has 8 nitrogen and oxygen atoms in total. The molecular weight excluding hydrogens is 376 g/mol. The molecule has 0 aliphatic heterocycles. The number of phenols is 1. The number of hydrogen-bond acceptors (Lipinski definition) is 7. The molecule has 2 rings (SSSR count). The molecule has 0 radical (unpaired) electrons. The Bertz CT molecular complexity index is 979. The van der Waals surface area contributed by atoms with Crippen molar-refractivity contribution in [2.75, 3.05) is 0 Å². The van der Waals surface area contributed by atoms with Crippen LogP contribution in [0.3, 0.4) is 0 Å². The van der Waals surface area contributed by atoms with Crippen LogP contribution in [0.1, 0.15) is 29.0 Å². The summed E-state index contributed by atoms with van der Waals surface area (Å²) in [6.07, 6.45) is 1.37. The Hall–Kier alpha value is -1.53. The Labute approximate surface area is 143 Å². The zero-order valence-corrected chi connectivity index (χ0v) is 15.2. The van der Waals surface area contributed by atoms with Crippen LogP contribution in [0.15, 0.2) is 27.4 Å². The van der Waals surface area contributed by atoms with E-state index in [1.54, 1.807) is 13.8 Å². The smallest absolute Gasteiger partial charge is 0.298 e. The van der Waals surface area contributed by atoms with E-state index in [0.29, 0.717) is 16.1 Å². The van der Waals surface area contributed by atoms with Gasteiger partial charge < -0.3 is 5.11 Å². The highest BCUT2D eigenvalue weighted by atomic mass is 32.2. The molecule has 0 amide bonds. The molecular formula is C13H16N2O6S3. The first-order valence-electron chi connectivity index (χ1n) is 6.68. The Kier molecular flexibility index (Phi) is 5.02. The van der Waals surface area contributed by atoms with Gasteiger partial charge in [0.15, 0.2) is 4.21 Å². The lowest BCUT2D eigenvalue weighted by molar-refractivity contribution is 0.435. The number of aryl methyl sites for hydroxylation is 1. The molecule has 1 aromatic heterocycles. The first kappa shape index (κ1) is 18.8. The Morgan fingerprint density at radius 1 is 1.29 bits per heavy atom. The van der Waals surface area contributed by atoms with Crippen LogP contribution in [0, 0.1) is 6.92 Å². The van der Waals surface area contributed by atoms with Crippen LogP contribution in [0.2, 0.25) is 0 Å².